The van der Waals surface area contributed by atoms with Crippen molar-refractivity contribution >= 4 is 18.0 Å². The number of hydrogen-bond acceptors (Lipinski definition) is 5. The fourth-order valence-electron chi connectivity index (χ4n) is 1.50. The number of urea groups is 1. The first-order valence-corrected chi connectivity index (χ1v) is 7.60. The van der Waals surface area contributed by atoms with Gasteiger partial charge in [-0.15, -0.1) is 0 Å². The van der Waals surface area contributed by atoms with Crippen LogP contribution in [0.2, 0.25) is 0 Å². The highest BCUT2D eigenvalue weighted by Crippen LogP contribution is 2.08. The van der Waals surface area contributed by atoms with E-state index in [2.05, 4.69) is 10.6 Å². The zero-order valence-electron chi connectivity index (χ0n) is 13.8. The highest BCUT2D eigenvalue weighted by atomic mass is 16.5. The van der Waals surface area contributed by atoms with Crippen LogP contribution in [0, 0.1) is 5.92 Å². The Balaban J connectivity index is 2.17. The van der Waals surface area contributed by atoms with Crippen molar-refractivity contribution in [3.8, 4) is 5.75 Å². The molecule has 0 aliphatic heterocycles. The van der Waals surface area contributed by atoms with Crippen molar-refractivity contribution in [3.63, 3.8) is 0 Å². The summed E-state index contributed by atoms with van der Waals surface area (Å²) < 4.78 is 9.81. The summed E-state index contributed by atoms with van der Waals surface area (Å²) in [4.78, 5) is 34.2. The van der Waals surface area contributed by atoms with Crippen LogP contribution >= 0.6 is 0 Å². The fourth-order valence-corrected chi connectivity index (χ4v) is 1.50. The van der Waals surface area contributed by atoms with Crippen LogP contribution in [0.15, 0.2) is 42.5 Å². The monoisotopic (exact) mass is 334 g/mol. The first-order chi connectivity index (χ1) is 11.5. The zero-order valence-corrected chi connectivity index (χ0v) is 13.8. The van der Waals surface area contributed by atoms with Gasteiger partial charge in [0, 0.05) is 18.7 Å². The third kappa shape index (κ3) is 9.24. The smallest absolute Gasteiger partial charge is 0.336 e. The molecule has 2 amide bonds. The van der Waals surface area contributed by atoms with Gasteiger partial charge in [0.25, 0.3) is 0 Å². The van der Waals surface area contributed by atoms with Crippen molar-refractivity contribution < 1.29 is 23.9 Å². The predicted octanol–water partition coefficient (Wildman–Crippen LogP) is 1.65. The number of carbonyl (C=O) groups is 3. The lowest BCUT2D eigenvalue weighted by molar-refractivity contribution is -0.138. The molecular weight excluding hydrogens is 312 g/mol. The van der Waals surface area contributed by atoms with Crippen molar-refractivity contribution in [2.75, 3.05) is 19.7 Å². The lowest BCUT2D eigenvalue weighted by Crippen LogP contribution is -2.39. The molecule has 0 unspecified atom stereocenters. The van der Waals surface area contributed by atoms with Crippen LogP contribution in [-0.2, 0) is 14.3 Å². The third-order valence-electron chi connectivity index (χ3n) is 2.62. The highest BCUT2D eigenvalue weighted by Gasteiger charge is 2.04. The van der Waals surface area contributed by atoms with Crippen LogP contribution in [0.25, 0.3) is 0 Å². The molecule has 130 valence electrons. The molecule has 0 aliphatic rings. The Kier molecular flexibility index (Phi) is 8.67. The molecule has 0 heterocycles. The molecule has 0 radical (unpaired) electrons. The zero-order chi connectivity index (χ0) is 17.8. The Morgan fingerprint density at radius 2 is 1.71 bits per heavy atom. The summed E-state index contributed by atoms with van der Waals surface area (Å²) >= 11 is 0. The average Bonchev–Trinajstić information content (AvgIpc) is 2.56. The molecule has 0 bridgehead atoms. The van der Waals surface area contributed by atoms with Gasteiger partial charge in [-0.2, -0.15) is 0 Å². The van der Waals surface area contributed by atoms with E-state index in [1.165, 1.54) is 0 Å². The first kappa shape index (κ1) is 19.2. The molecular formula is C17H22N2O5. The van der Waals surface area contributed by atoms with Gasteiger partial charge in [0.1, 0.15) is 12.4 Å². The molecule has 0 atom stereocenters. The molecule has 1 rings (SSSR count). The number of ether oxygens (including phenoxy) is 2. The van der Waals surface area contributed by atoms with Crippen LogP contribution in [0.4, 0.5) is 4.79 Å². The minimum atomic E-state index is -0.690. The van der Waals surface area contributed by atoms with Crippen LogP contribution in [-0.4, -0.2) is 37.7 Å². The summed E-state index contributed by atoms with van der Waals surface area (Å²) in [5.74, 6) is -0.625. The van der Waals surface area contributed by atoms with Gasteiger partial charge >= 0.3 is 18.0 Å². The number of amides is 2. The van der Waals surface area contributed by atoms with Gasteiger partial charge in [-0.25, -0.2) is 14.4 Å². The first-order valence-electron chi connectivity index (χ1n) is 7.60. The number of hydrogen-bond donors (Lipinski definition) is 2. The maximum atomic E-state index is 11.5. The molecule has 7 nitrogen and oxygen atoms in total. The van der Waals surface area contributed by atoms with Crippen LogP contribution in [0.3, 0.4) is 0 Å². The Morgan fingerprint density at radius 1 is 1.04 bits per heavy atom. The van der Waals surface area contributed by atoms with E-state index in [1.54, 1.807) is 30.3 Å². The number of benzene rings is 1. The quantitative estimate of drug-likeness (QED) is 0.326. The van der Waals surface area contributed by atoms with E-state index in [0.717, 1.165) is 12.2 Å². The normalized spacial score (nSPS) is 10.5. The summed E-state index contributed by atoms with van der Waals surface area (Å²) in [5.41, 5.74) is 0. The number of rotatable bonds is 8. The molecule has 1 aromatic carbocycles. The van der Waals surface area contributed by atoms with Gasteiger partial charge in [-0.1, -0.05) is 32.0 Å². The van der Waals surface area contributed by atoms with E-state index >= 15 is 0 Å². The van der Waals surface area contributed by atoms with Gasteiger partial charge in [0.2, 0.25) is 0 Å². The molecule has 0 fully saturated rings. The second-order valence-corrected chi connectivity index (χ2v) is 5.27. The van der Waals surface area contributed by atoms with Crippen LogP contribution in [0.5, 0.6) is 5.75 Å². The number of nitrogens with one attached hydrogen (secondary N) is 2. The topological polar surface area (TPSA) is 93.7 Å². The molecule has 2 N–H and O–H groups in total. The van der Waals surface area contributed by atoms with Gasteiger partial charge in [-0.3, -0.25) is 0 Å². The van der Waals surface area contributed by atoms with E-state index < -0.39 is 11.9 Å². The van der Waals surface area contributed by atoms with Crippen LogP contribution < -0.4 is 15.4 Å². The van der Waals surface area contributed by atoms with Crippen LogP contribution in [0.1, 0.15) is 13.8 Å². The predicted molar refractivity (Wildman–Crippen MR) is 88.4 cm³/mol. The van der Waals surface area contributed by atoms with Gasteiger partial charge in [0.15, 0.2) is 0 Å². The SMILES string of the molecule is CC(C)CNC(=O)NCCOC(=O)/C=C/C(=O)Oc1ccccc1. The lowest BCUT2D eigenvalue weighted by Gasteiger charge is -2.09. The second kappa shape index (κ2) is 10.8. The fraction of sp³-hybridized carbons (Fsp3) is 0.353. The maximum Gasteiger partial charge on any atom is 0.336 e. The molecule has 0 aliphatic carbocycles. The number of para-hydroxylation sites is 1. The van der Waals surface area contributed by atoms with E-state index in [1.807, 2.05) is 13.8 Å². The summed E-state index contributed by atoms with van der Waals surface area (Å²) in [6, 6.07) is 8.18. The Bertz CT molecular complexity index is 570. The van der Waals surface area contributed by atoms with Crippen molar-refractivity contribution in [3.05, 3.63) is 42.5 Å². The average molecular weight is 334 g/mol. The lowest BCUT2D eigenvalue weighted by atomic mass is 10.2. The molecule has 0 spiro atoms. The van der Waals surface area contributed by atoms with Crippen molar-refractivity contribution in [1.29, 1.82) is 0 Å². The third-order valence-corrected chi connectivity index (χ3v) is 2.62. The molecule has 0 saturated carbocycles. The van der Waals surface area contributed by atoms with E-state index in [4.69, 9.17) is 9.47 Å². The standard InChI is InChI=1S/C17H22N2O5/c1-13(2)12-19-17(22)18-10-11-23-15(20)8-9-16(21)24-14-6-4-3-5-7-14/h3-9,13H,10-12H2,1-2H3,(H2,18,19,22)/b9-8+. The number of carbonyl (C=O) groups excluding carboxylic acids is 3. The van der Waals surface area contributed by atoms with Gasteiger partial charge < -0.3 is 20.1 Å². The van der Waals surface area contributed by atoms with Crippen molar-refractivity contribution in [2.45, 2.75) is 13.8 Å². The van der Waals surface area contributed by atoms with E-state index in [-0.39, 0.29) is 19.2 Å². The summed E-state index contributed by atoms with van der Waals surface area (Å²) in [7, 11) is 0. The largest absolute Gasteiger partial charge is 0.461 e. The van der Waals surface area contributed by atoms with Gasteiger partial charge in [-0.05, 0) is 18.1 Å². The van der Waals surface area contributed by atoms with Crippen molar-refractivity contribution in [2.24, 2.45) is 5.92 Å². The summed E-state index contributed by atoms with van der Waals surface area (Å²) in [6.45, 7) is 4.72. The summed E-state index contributed by atoms with van der Waals surface area (Å²) in [6.07, 6.45) is 1.96. The van der Waals surface area contributed by atoms with E-state index in [9.17, 15) is 14.4 Å². The minimum Gasteiger partial charge on any atom is -0.461 e. The van der Waals surface area contributed by atoms with Gasteiger partial charge in [0.05, 0.1) is 6.54 Å². The maximum absolute atomic E-state index is 11.5. The van der Waals surface area contributed by atoms with Crippen molar-refractivity contribution in [1.82, 2.24) is 10.6 Å². The Hall–Kier alpha value is -2.83. The molecule has 0 aromatic heterocycles. The molecule has 1 aromatic rings. The molecule has 24 heavy (non-hydrogen) atoms. The molecule has 7 heteroatoms. The molecule has 0 saturated heterocycles. The summed E-state index contributed by atoms with van der Waals surface area (Å²) in [5, 5.41) is 5.22. The second-order valence-electron chi connectivity index (χ2n) is 5.27. The number of esters is 2. The Labute approximate surface area is 141 Å². The highest BCUT2D eigenvalue weighted by molar-refractivity contribution is 5.92. The minimum absolute atomic E-state index is 0.00596. The Morgan fingerprint density at radius 3 is 2.38 bits per heavy atom. The van der Waals surface area contributed by atoms with E-state index in [0.29, 0.717) is 18.2 Å².